The first-order chi connectivity index (χ1) is 15.5. The van der Waals surface area contributed by atoms with Gasteiger partial charge in [0.05, 0.1) is 12.1 Å². The molecule has 176 valence electrons. The van der Waals surface area contributed by atoms with E-state index in [0.29, 0.717) is 21.6 Å². The van der Waals surface area contributed by atoms with Crippen molar-refractivity contribution in [2.24, 2.45) is 0 Å². The molecule has 3 aromatic rings. The van der Waals surface area contributed by atoms with Gasteiger partial charge in [-0.25, -0.2) is 14.2 Å². The zero-order valence-electron chi connectivity index (χ0n) is 18.5. The number of hydrogen-bond donors (Lipinski definition) is 2. The highest BCUT2D eigenvalue weighted by molar-refractivity contribution is 9.10. The van der Waals surface area contributed by atoms with Crippen molar-refractivity contribution in [1.29, 1.82) is 0 Å². The van der Waals surface area contributed by atoms with Gasteiger partial charge in [-0.3, -0.25) is 0 Å². The highest BCUT2D eigenvalue weighted by atomic mass is 79.9. The predicted octanol–water partition coefficient (Wildman–Crippen LogP) is 4.64. The van der Waals surface area contributed by atoms with Crippen molar-refractivity contribution >= 4 is 22.0 Å². The van der Waals surface area contributed by atoms with Gasteiger partial charge in [-0.05, 0) is 74.0 Å². The molecule has 1 aromatic carbocycles. The van der Waals surface area contributed by atoms with Gasteiger partial charge in [0, 0.05) is 22.7 Å². The minimum absolute atomic E-state index is 0.111. The van der Waals surface area contributed by atoms with Gasteiger partial charge in [0.25, 0.3) is 5.88 Å². The zero-order chi connectivity index (χ0) is 24.2. The third-order valence-corrected chi connectivity index (χ3v) is 4.68. The molecule has 0 spiro atoms. The van der Waals surface area contributed by atoms with E-state index in [-0.39, 0.29) is 18.2 Å². The first kappa shape index (κ1) is 24.6. The molecule has 1 amide bonds. The van der Waals surface area contributed by atoms with Gasteiger partial charge in [-0.15, -0.1) is 0 Å². The number of aromatic nitrogens is 3. The third-order valence-electron chi connectivity index (χ3n) is 4.25. The maximum Gasteiger partial charge on any atom is 0.407 e. The molecule has 9 nitrogen and oxygen atoms in total. The standard InChI is InChI=1S/C22H24BrFN4O5/c1-12(29)17(26-21(30)32-22(2,3)4)10-18-27-19(28-33-18)13-5-7-15(8-6-13)31-20-16(24)9-14(23)11-25-20/h5-9,11-12,17,29H,10H2,1-4H3,(H,26,30). The minimum atomic E-state index is -0.878. The number of carbonyl (C=O) groups is 1. The fourth-order valence-electron chi connectivity index (χ4n) is 2.71. The van der Waals surface area contributed by atoms with Gasteiger partial charge in [-0.1, -0.05) is 5.16 Å². The Labute approximate surface area is 198 Å². The molecule has 2 N–H and O–H groups in total. The number of aliphatic hydroxyl groups is 1. The average Bonchev–Trinajstić information content (AvgIpc) is 3.17. The van der Waals surface area contributed by atoms with Gasteiger partial charge in [-0.2, -0.15) is 4.98 Å². The topological polar surface area (TPSA) is 120 Å². The molecule has 0 aliphatic carbocycles. The van der Waals surface area contributed by atoms with Gasteiger partial charge in [0.1, 0.15) is 11.4 Å². The molecule has 33 heavy (non-hydrogen) atoms. The van der Waals surface area contributed by atoms with Crippen LogP contribution in [0.5, 0.6) is 11.6 Å². The molecule has 3 rings (SSSR count). The molecule has 0 fully saturated rings. The first-order valence-corrected chi connectivity index (χ1v) is 10.9. The van der Waals surface area contributed by atoms with Crippen LogP contribution in [-0.4, -0.2) is 44.1 Å². The van der Waals surface area contributed by atoms with E-state index in [9.17, 15) is 14.3 Å². The summed E-state index contributed by atoms with van der Waals surface area (Å²) >= 11 is 3.14. The average molecular weight is 523 g/mol. The van der Waals surface area contributed by atoms with E-state index in [0.717, 1.165) is 0 Å². The second-order valence-electron chi connectivity index (χ2n) is 8.28. The van der Waals surface area contributed by atoms with Crippen LogP contribution < -0.4 is 10.1 Å². The summed E-state index contributed by atoms with van der Waals surface area (Å²) in [5, 5.41) is 16.6. The number of aliphatic hydroxyl groups excluding tert-OH is 1. The largest absolute Gasteiger partial charge is 0.444 e. The quantitative estimate of drug-likeness (QED) is 0.460. The summed E-state index contributed by atoms with van der Waals surface area (Å²) in [5.74, 6) is 0.185. The molecule has 0 aliphatic rings. The normalized spacial score (nSPS) is 13.3. The number of nitrogens with one attached hydrogen (secondary N) is 1. The Kier molecular flexibility index (Phi) is 7.65. The van der Waals surface area contributed by atoms with E-state index < -0.39 is 29.7 Å². The number of hydrogen-bond acceptors (Lipinski definition) is 8. The number of carbonyl (C=O) groups excluding carboxylic acids is 1. The molecule has 11 heteroatoms. The van der Waals surface area contributed by atoms with Crippen molar-refractivity contribution in [2.45, 2.75) is 51.9 Å². The van der Waals surface area contributed by atoms with Crippen LogP contribution in [-0.2, 0) is 11.2 Å². The van der Waals surface area contributed by atoms with E-state index in [2.05, 4.69) is 36.4 Å². The molecule has 0 saturated heterocycles. The number of nitrogens with zero attached hydrogens (tertiary/aromatic N) is 3. The number of amides is 1. The number of pyridine rings is 1. The Morgan fingerprint density at radius 1 is 1.30 bits per heavy atom. The number of halogens is 2. The fourth-order valence-corrected chi connectivity index (χ4v) is 3.01. The molecular weight excluding hydrogens is 499 g/mol. The number of rotatable bonds is 7. The summed E-state index contributed by atoms with van der Waals surface area (Å²) < 4.78 is 30.4. The lowest BCUT2D eigenvalue weighted by atomic mass is 10.1. The highest BCUT2D eigenvalue weighted by Gasteiger charge is 2.25. The van der Waals surface area contributed by atoms with Gasteiger partial charge >= 0.3 is 6.09 Å². The Bertz CT molecular complexity index is 1100. The summed E-state index contributed by atoms with van der Waals surface area (Å²) in [6.07, 6.45) is 0.0168. The van der Waals surface area contributed by atoms with Crippen LogP contribution >= 0.6 is 15.9 Å². The Balaban J connectivity index is 1.65. The van der Waals surface area contributed by atoms with E-state index in [1.165, 1.54) is 12.3 Å². The molecule has 2 heterocycles. The van der Waals surface area contributed by atoms with Crippen LogP contribution in [0.25, 0.3) is 11.4 Å². The smallest absolute Gasteiger partial charge is 0.407 e. The molecule has 2 aromatic heterocycles. The zero-order valence-corrected chi connectivity index (χ0v) is 20.1. The van der Waals surface area contributed by atoms with Crippen molar-refractivity contribution in [2.75, 3.05) is 0 Å². The predicted molar refractivity (Wildman–Crippen MR) is 120 cm³/mol. The first-order valence-electron chi connectivity index (χ1n) is 10.1. The third kappa shape index (κ3) is 7.22. The molecular formula is C22H24BrFN4O5. The summed E-state index contributed by atoms with van der Waals surface area (Å²) in [4.78, 5) is 20.3. The van der Waals surface area contributed by atoms with Crippen LogP contribution in [0.15, 0.2) is 45.5 Å². The van der Waals surface area contributed by atoms with Crippen LogP contribution in [0.3, 0.4) is 0 Å². The van der Waals surface area contributed by atoms with Crippen molar-refractivity contribution in [3.8, 4) is 23.0 Å². The molecule has 2 atom stereocenters. The van der Waals surface area contributed by atoms with E-state index >= 15 is 0 Å². The number of benzene rings is 1. The molecule has 0 bridgehead atoms. The summed E-state index contributed by atoms with van der Waals surface area (Å²) in [7, 11) is 0. The van der Waals surface area contributed by atoms with Gasteiger partial charge in [0.15, 0.2) is 5.82 Å². The minimum Gasteiger partial charge on any atom is -0.444 e. The molecule has 2 unspecified atom stereocenters. The Morgan fingerprint density at radius 2 is 2.00 bits per heavy atom. The Hall–Kier alpha value is -3.05. The van der Waals surface area contributed by atoms with Crippen LogP contribution in [0.4, 0.5) is 9.18 Å². The second-order valence-corrected chi connectivity index (χ2v) is 9.19. The van der Waals surface area contributed by atoms with Crippen molar-refractivity contribution < 1.29 is 28.3 Å². The highest BCUT2D eigenvalue weighted by Crippen LogP contribution is 2.26. The van der Waals surface area contributed by atoms with E-state index in [4.69, 9.17) is 14.0 Å². The second kappa shape index (κ2) is 10.3. The number of ether oxygens (including phenoxy) is 2. The van der Waals surface area contributed by atoms with E-state index in [1.807, 2.05) is 0 Å². The lowest BCUT2D eigenvalue weighted by Gasteiger charge is -2.24. The number of alkyl carbamates (subject to hydrolysis) is 1. The van der Waals surface area contributed by atoms with Gasteiger partial charge < -0.3 is 24.4 Å². The van der Waals surface area contributed by atoms with E-state index in [1.54, 1.807) is 52.0 Å². The maximum absolute atomic E-state index is 13.9. The molecule has 0 radical (unpaired) electrons. The van der Waals surface area contributed by atoms with Crippen LogP contribution in [0.1, 0.15) is 33.6 Å². The van der Waals surface area contributed by atoms with Crippen LogP contribution in [0, 0.1) is 5.82 Å². The van der Waals surface area contributed by atoms with Crippen LogP contribution in [0.2, 0.25) is 0 Å². The summed E-state index contributed by atoms with van der Waals surface area (Å²) in [6.45, 7) is 6.78. The van der Waals surface area contributed by atoms with Gasteiger partial charge in [0.2, 0.25) is 11.7 Å². The Morgan fingerprint density at radius 3 is 2.61 bits per heavy atom. The van der Waals surface area contributed by atoms with Crippen molar-refractivity contribution in [3.63, 3.8) is 0 Å². The van der Waals surface area contributed by atoms with Crippen molar-refractivity contribution in [3.05, 3.63) is 52.7 Å². The summed E-state index contributed by atoms with van der Waals surface area (Å²) in [6, 6.07) is 7.19. The maximum atomic E-state index is 13.9. The molecule has 0 saturated carbocycles. The lowest BCUT2D eigenvalue weighted by molar-refractivity contribution is 0.0432. The monoisotopic (exact) mass is 522 g/mol. The van der Waals surface area contributed by atoms with Crippen molar-refractivity contribution in [1.82, 2.24) is 20.4 Å². The molecule has 0 aliphatic heterocycles. The SMILES string of the molecule is CC(O)C(Cc1nc(-c2ccc(Oc3ncc(Br)cc3F)cc2)no1)NC(=O)OC(C)(C)C. The summed E-state index contributed by atoms with van der Waals surface area (Å²) in [5.41, 5.74) is -0.0321. The lowest BCUT2D eigenvalue weighted by Crippen LogP contribution is -2.45. The fraction of sp³-hybridized carbons (Fsp3) is 0.364.